The van der Waals surface area contributed by atoms with Crippen LogP contribution in [0.15, 0.2) is 41.7 Å². The van der Waals surface area contributed by atoms with Crippen LogP contribution in [0.2, 0.25) is 0 Å². The van der Waals surface area contributed by atoms with Crippen molar-refractivity contribution in [1.29, 1.82) is 0 Å². The monoisotopic (exact) mass is 429 g/mol. The molecule has 2 aromatic rings. The van der Waals surface area contributed by atoms with E-state index in [1.807, 2.05) is 31.6 Å². The van der Waals surface area contributed by atoms with Crippen molar-refractivity contribution in [2.45, 2.75) is 31.3 Å². The van der Waals surface area contributed by atoms with Crippen LogP contribution in [-0.2, 0) is 21.9 Å². The molecule has 2 aliphatic rings. The molecule has 1 aromatic heterocycles. The van der Waals surface area contributed by atoms with E-state index in [1.165, 1.54) is 0 Å². The van der Waals surface area contributed by atoms with E-state index >= 15 is 0 Å². The number of guanidine groups is 1. The molecule has 1 atom stereocenters. The average molecular weight is 430 g/mol. The highest BCUT2D eigenvalue weighted by Crippen LogP contribution is 2.35. The zero-order chi connectivity index (χ0) is 21.7. The predicted molar refractivity (Wildman–Crippen MR) is 118 cm³/mol. The van der Waals surface area contributed by atoms with Crippen molar-refractivity contribution in [3.63, 3.8) is 0 Å². The van der Waals surface area contributed by atoms with Crippen LogP contribution in [0.25, 0.3) is 0 Å². The highest BCUT2D eigenvalue weighted by molar-refractivity contribution is 5.80. The molecule has 8 heteroatoms. The molecule has 0 spiro atoms. The van der Waals surface area contributed by atoms with E-state index in [0.717, 1.165) is 49.6 Å². The van der Waals surface area contributed by atoms with Gasteiger partial charge >= 0.3 is 0 Å². The van der Waals surface area contributed by atoms with Gasteiger partial charge in [-0.3, -0.25) is 9.67 Å². The van der Waals surface area contributed by atoms with E-state index in [2.05, 4.69) is 22.2 Å². The van der Waals surface area contributed by atoms with Crippen LogP contribution in [0, 0.1) is 5.82 Å². The minimum absolute atomic E-state index is 0.0274. The number of halogens is 1. The highest BCUT2D eigenvalue weighted by atomic mass is 19.1. The third-order valence-corrected chi connectivity index (χ3v) is 6.24. The summed E-state index contributed by atoms with van der Waals surface area (Å²) in [6.45, 7) is 7.06. The third-order valence-electron chi connectivity index (χ3n) is 6.24. The van der Waals surface area contributed by atoms with Gasteiger partial charge in [0.1, 0.15) is 11.9 Å². The number of ether oxygens (including phenoxy) is 2. The van der Waals surface area contributed by atoms with Crippen LogP contribution in [0.5, 0.6) is 0 Å². The van der Waals surface area contributed by atoms with Gasteiger partial charge in [0, 0.05) is 50.5 Å². The fraction of sp³-hybridized carbons (Fsp3) is 0.565. The highest BCUT2D eigenvalue weighted by Gasteiger charge is 2.35. The zero-order valence-electron chi connectivity index (χ0n) is 18.4. The lowest BCUT2D eigenvalue weighted by molar-refractivity contribution is -0.00816. The Morgan fingerprint density at radius 3 is 2.71 bits per heavy atom. The summed E-state index contributed by atoms with van der Waals surface area (Å²) in [5, 5.41) is 7.73. The van der Waals surface area contributed by atoms with E-state index in [-0.39, 0.29) is 17.3 Å². The number of hydrogen-bond donors (Lipinski definition) is 1. The molecule has 4 rings (SSSR count). The summed E-state index contributed by atoms with van der Waals surface area (Å²) in [4.78, 5) is 7.34. The Labute approximate surface area is 183 Å². The molecule has 0 bridgehead atoms. The summed E-state index contributed by atoms with van der Waals surface area (Å²) in [7, 11) is 1.92. The van der Waals surface area contributed by atoms with Crippen molar-refractivity contribution >= 4 is 5.96 Å². The molecule has 7 nitrogen and oxygen atoms in total. The van der Waals surface area contributed by atoms with Crippen LogP contribution in [0.1, 0.15) is 37.0 Å². The second-order valence-corrected chi connectivity index (χ2v) is 8.32. The lowest BCUT2D eigenvalue weighted by atomic mass is 9.74. The minimum Gasteiger partial charge on any atom is -0.381 e. The summed E-state index contributed by atoms with van der Waals surface area (Å²) < 4.78 is 27.0. The van der Waals surface area contributed by atoms with Gasteiger partial charge in [-0.15, -0.1) is 0 Å². The molecule has 2 fully saturated rings. The smallest absolute Gasteiger partial charge is 0.194 e. The number of morpholine rings is 1. The minimum atomic E-state index is -0.211. The summed E-state index contributed by atoms with van der Waals surface area (Å²) in [6, 6.07) is 6.89. The number of rotatable bonds is 5. The average Bonchev–Trinajstić information content (AvgIpc) is 3.24. The van der Waals surface area contributed by atoms with Crippen LogP contribution in [0.3, 0.4) is 0 Å². The van der Waals surface area contributed by atoms with Gasteiger partial charge in [-0.2, -0.15) is 5.10 Å². The number of nitrogens with zero attached hydrogens (tertiary/aromatic N) is 4. The Morgan fingerprint density at radius 2 is 2.03 bits per heavy atom. The Hall–Kier alpha value is -2.45. The van der Waals surface area contributed by atoms with Crippen molar-refractivity contribution in [1.82, 2.24) is 20.0 Å². The molecule has 1 N–H and O–H groups in total. The SMILES string of the molecule is CCNC(=NCC1(c2ccc(F)cc2)CCOCC1)N1CCOC(c2cnn(C)c2)C1. The summed E-state index contributed by atoms with van der Waals surface area (Å²) >= 11 is 0. The molecule has 0 aliphatic carbocycles. The second-order valence-electron chi connectivity index (χ2n) is 8.32. The fourth-order valence-electron chi connectivity index (χ4n) is 4.41. The van der Waals surface area contributed by atoms with Gasteiger partial charge in [-0.05, 0) is 37.5 Å². The third kappa shape index (κ3) is 5.07. The van der Waals surface area contributed by atoms with Gasteiger partial charge in [0.2, 0.25) is 0 Å². The maximum absolute atomic E-state index is 13.5. The molecule has 31 heavy (non-hydrogen) atoms. The van der Waals surface area contributed by atoms with E-state index in [4.69, 9.17) is 14.5 Å². The predicted octanol–water partition coefficient (Wildman–Crippen LogP) is 2.65. The van der Waals surface area contributed by atoms with Crippen LogP contribution < -0.4 is 5.32 Å². The van der Waals surface area contributed by atoms with Gasteiger partial charge in [-0.1, -0.05) is 12.1 Å². The lowest BCUT2D eigenvalue weighted by Gasteiger charge is -2.38. The first-order valence-electron chi connectivity index (χ1n) is 11.1. The molecule has 2 aliphatic heterocycles. The van der Waals surface area contributed by atoms with Gasteiger partial charge < -0.3 is 19.7 Å². The number of benzene rings is 1. The number of aryl methyl sites for hydroxylation is 1. The maximum Gasteiger partial charge on any atom is 0.194 e. The number of hydrogen-bond acceptors (Lipinski definition) is 4. The number of nitrogens with one attached hydrogen (secondary N) is 1. The van der Waals surface area contributed by atoms with Gasteiger partial charge in [0.25, 0.3) is 0 Å². The van der Waals surface area contributed by atoms with Crippen molar-refractivity contribution < 1.29 is 13.9 Å². The van der Waals surface area contributed by atoms with Gasteiger partial charge in [0.15, 0.2) is 5.96 Å². The van der Waals surface area contributed by atoms with Gasteiger partial charge in [0.05, 0.1) is 25.9 Å². The first-order chi connectivity index (χ1) is 15.1. The molecular formula is C23H32FN5O2. The van der Waals surface area contributed by atoms with E-state index in [9.17, 15) is 4.39 Å². The molecule has 1 unspecified atom stereocenters. The van der Waals surface area contributed by atoms with Crippen LogP contribution in [-0.4, -0.2) is 66.6 Å². The summed E-state index contributed by atoms with van der Waals surface area (Å²) in [5.41, 5.74) is 2.07. The van der Waals surface area contributed by atoms with E-state index in [0.29, 0.717) is 26.4 Å². The zero-order valence-corrected chi connectivity index (χ0v) is 18.4. The van der Waals surface area contributed by atoms with Crippen LogP contribution in [0.4, 0.5) is 4.39 Å². The standard InChI is InChI=1S/C23H32FN5O2/c1-3-25-22(29-10-13-31-21(16-29)18-14-27-28(2)15-18)26-17-23(8-11-30-12-9-23)19-4-6-20(24)7-5-19/h4-7,14-15,21H,3,8-13,16-17H2,1-2H3,(H,25,26). The maximum atomic E-state index is 13.5. The first-order valence-corrected chi connectivity index (χ1v) is 11.1. The Kier molecular flexibility index (Phi) is 6.87. The number of aromatic nitrogens is 2. The second kappa shape index (κ2) is 9.78. The van der Waals surface area contributed by atoms with E-state index in [1.54, 1.807) is 16.8 Å². The lowest BCUT2D eigenvalue weighted by Crippen LogP contribution is -2.49. The normalized spacial score (nSPS) is 21.8. The molecule has 0 saturated carbocycles. The molecule has 2 saturated heterocycles. The molecular weight excluding hydrogens is 397 g/mol. The Morgan fingerprint density at radius 1 is 1.26 bits per heavy atom. The fourth-order valence-corrected chi connectivity index (χ4v) is 4.41. The van der Waals surface area contributed by atoms with Crippen molar-refractivity contribution in [3.05, 3.63) is 53.6 Å². The molecule has 3 heterocycles. The van der Waals surface area contributed by atoms with Crippen molar-refractivity contribution in [2.24, 2.45) is 12.0 Å². The van der Waals surface area contributed by atoms with E-state index < -0.39 is 0 Å². The molecule has 1 aromatic carbocycles. The van der Waals surface area contributed by atoms with Crippen molar-refractivity contribution in [3.8, 4) is 0 Å². The van der Waals surface area contributed by atoms with Gasteiger partial charge in [-0.25, -0.2) is 4.39 Å². The quantitative estimate of drug-likeness (QED) is 0.585. The summed E-state index contributed by atoms with van der Waals surface area (Å²) in [5.74, 6) is 0.685. The molecule has 0 radical (unpaired) electrons. The Bertz CT molecular complexity index is 876. The first kappa shape index (κ1) is 21.8. The topological polar surface area (TPSA) is 63.9 Å². The Balaban J connectivity index is 1.54. The summed E-state index contributed by atoms with van der Waals surface area (Å²) in [6.07, 6.45) is 5.60. The van der Waals surface area contributed by atoms with Crippen molar-refractivity contribution in [2.75, 3.05) is 46.0 Å². The van der Waals surface area contributed by atoms with Crippen LogP contribution >= 0.6 is 0 Å². The largest absolute Gasteiger partial charge is 0.381 e. The number of aliphatic imine (C=N–C) groups is 1. The molecule has 168 valence electrons. The molecule has 0 amide bonds.